The molecule has 3 aromatic rings. The van der Waals surface area contributed by atoms with Crippen LogP contribution in [0.4, 0.5) is 0 Å². The molecule has 0 fully saturated rings. The highest BCUT2D eigenvalue weighted by Gasteiger charge is 2.07. The molecule has 0 unspecified atom stereocenters. The molecule has 0 aliphatic carbocycles. The van der Waals surface area contributed by atoms with E-state index in [0.29, 0.717) is 0 Å². The molecule has 3 heteroatoms. The number of benzene rings is 1. The second kappa shape index (κ2) is 4.26. The van der Waals surface area contributed by atoms with E-state index in [2.05, 4.69) is 36.1 Å². The van der Waals surface area contributed by atoms with Gasteiger partial charge < -0.3 is 0 Å². The van der Waals surface area contributed by atoms with Crippen LogP contribution in [0.25, 0.3) is 16.7 Å². The Hall–Kier alpha value is -2.16. The Morgan fingerprint density at radius 3 is 2.83 bits per heavy atom. The Morgan fingerprint density at radius 2 is 2.00 bits per heavy atom. The van der Waals surface area contributed by atoms with Gasteiger partial charge in [0.2, 0.25) is 0 Å². The average molecular weight is 237 g/mol. The van der Waals surface area contributed by atoms with Crippen LogP contribution in [-0.2, 0) is 6.42 Å². The molecule has 3 rings (SSSR count). The lowest BCUT2D eigenvalue weighted by Crippen LogP contribution is -2.04. The Balaban J connectivity index is 2.25. The summed E-state index contributed by atoms with van der Waals surface area (Å²) in [4.78, 5) is 4.69. The van der Waals surface area contributed by atoms with Crippen molar-refractivity contribution in [3.63, 3.8) is 0 Å². The first-order valence-corrected chi connectivity index (χ1v) is 6.19. The predicted molar refractivity (Wildman–Crippen MR) is 73.0 cm³/mol. The maximum absolute atomic E-state index is 4.69. The zero-order chi connectivity index (χ0) is 12.5. The van der Waals surface area contributed by atoms with Crippen molar-refractivity contribution >= 4 is 10.9 Å². The van der Waals surface area contributed by atoms with Gasteiger partial charge in [-0.2, -0.15) is 5.10 Å². The molecule has 90 valence electrons. The van der Waals surface area contributed by atoms with Gasteiger partial charge in [-0.3, -0.25) is 0 Å². The van der Waals surface area contributed by atoms with E-state index in [1.165, 1.54) is 16.6 Å². The van der Waals surface area contributed by atoms with Gasteiger partial charge >= 0.3 is 0 Å². The lowest BCUT2D eigenvalue weighted by molar-refractivity contribution is 0.792. The first kappa shape index (κ1) is 11.0. The molecule has 0 saturated heterocycles. The van der Waals surface area contributed by atoms with Crippen LogP contribution in [-0.4, -0.2) is 14.8 Å². The second-order valence-electron chi connectivity index (χ2n) is 4.40. The van der Waals surface area contributed by atoms with E-state index >= 15 is 0 Å². The molecule has 0 bridgehead atoms. The maximum Gasteiger partial charge on any atom is 0.154 e. The molecule has 0 aliphatic heterocycles. The highest BCUT2D eigenvalue weighted by Crippen LogP contribution is 2.19. The number of hydrogen-bond donors (Lipinski definition) is 0. The molecule has 18 heavy (non-hydrogen) atoms. The van der Waals surface area contributed by atoms with Crippen molar-refractivity contribution in [3.05, 3.63) is 53.9 Å². The summed E-state index contributed by atoms with van der Waals surface area (Å²) in [7, 11) is 0. The molecule has 0 aliphatic rings. The minimum absolute atomic E-state index is 0.896. The number of nitrogens with zero attached hydrogens (tertiary/aromatic N) is 3. The summed E-state index contributed by atoms with van der Waals surface area (Å²) < 4.78 is 1.92. The molecule has 0 N–H and O–H groups in total. The van der Waals surface area contributed by atoms with Crippen LogP contribution < -0.4 is 0 Å². The van der Waals surface area contributed by atoms with E-state index in [1.807, 2.05) is 35.1 Å². The summed E-state index contributed by atoms with van der Waals surface area (Å²) in [5.41, 5.74) is 3.43. The fourth-order valence-corrected chi connectivity index (χ4v) is 2.24. The second-order valence-corrected chi connectivity index (χ2v) is 4.40. The number of para-hydroxylation sites is 1. The fourth-order valence-electron chi connectivity index (χ4n) is 2.24. The smallest absolute Gasteiger partial charge is 0.154 e. The molecule has 0 atom stereocenters. The van der Waals surface area contributed by atoms with Crippen molar-refractivity contribution in [1.82, 2.24) is 14.8 Å². The van der Waals surface area contributed by atoms with Crippen LogP contribution in [0.5, 0.6) is 0 Å². The van der Waals surface area contributed by atoms with Crippen molar-refractivity contribution in [2.75, 3.05) is 0 Å². The van der Waals surface area contributed by atoms with Crippen LogP contribution in [0, 0.1) is 6.92 Å². The summed E-state index contributed by atoms with van der Waals surface area (Å²) in [6, 6.07) is 12.3. The number of fused-ring (bicyclic) bond motifs is 1. The van der Waals surface area contributed by atoms with Crippen molar-refractivity contribution in [2.24, 2.45) is 0 Å². The lowest BCUT2D eigenvalue weighted by atomic mass is 10.1. The van der Waals surface area contributed by atoms with Gasteiger partial charge in [0.15, 0.2) is 5.82 Å². The van der Waals surface area contributed by atoms with Gasteiger partial charge in [0.1, 0.15) is 0 Å². The Labute approximate surface area is 106 Å². The standard InChI is InChI=1S/C15H15N3/c1-3-12-8-9-16-18(12)15-10-11(2)13-6-4-5-7-14(13)17-15/h4-10H,3H2,1-2H3. The SMILES string of the molecule is CCc1ccnn1-c1cc(C)c2ccccc2n1. The van der Waals surface area contributed by atoms with Crippen molar-refractivity contribution in [3.8, 4) is 5.82 Å². The number of aromatic nitrogens is 3. The van der Waals surface area contributed by atoms with E-state index in [1.54, 1.807) is 0 Å². The number of hydrogen-bond acceptors (Lipinski definition) is 2. The van der Waals surface area contributed by atoms with Crippen molar-refractivity contribution < 1.29 is 0 Å². The van der Waals surface area contributed by atoms with E-state index < -0.39 is 0 Å². The molecule has 1 aromatic carbocycles. The lowest BCUT2D eigenvalue weighted by Gasteiger charge is -2.08. The summed E-state index contributed by atoms with van der Waals surface area (Å²) in [5.74, 6) is 0.896. The van der Waals surface area contributed by atoms with Crippen molar-refractivity contribution in [2.45, 2.75) is 20.3 Å². The average Bonchev–Trinajstić information content (AvgIpc) is 2.87. The fraction of sp³-hybridized carbons (Fsp3) is 0.200. The van der Waals surface area contributed by atoms with Gasteiger partial charge in [-0.15, -0.1) is 0 Å². The van der Waals surface area contributed by atoms with Gasteiger partial charge in [-0.25, -0.2) is 9.67 Å². The quantitative estimate of drug-likeness (QED) is 0.684. The molecule has 0 spiro atoms. The largest absolute Gasteiger partial charge is 0.229 e. The van der Waals surface area contributed by atoms with Gasteiger partial charge in [0.25, 0.3) is 0 Å². The van der Waals surface area contributed by atoms with Gasteiger partial charge in [0, 0.05) is 17.3 Å². The Kier molecular flexibility index (Phi) is 2.59. The zero-order valence-corrected chi connectivity index (χ0v) is 10.6. The van der Waals surface area contributed by atoms with E-state index in [0.717, 1.165) is 17.8 Å². The van der Waals surface area contributed by atoms with E-state index in [4.69, 9.17) is 0 Å². The Morgan fingerprint density at radius 1 is 1.17 bits per heavy atom. The maximum atomic E-state index is 4.69. The molecule has 2 aromatic heterocycles. The minimum atomic E-state index is 0.896. The summed E-state index contributed by atoms with van der Waals surface area (Å²) in [6.45, 7) is 4.24. The third-order valence-electron chi connectivity index (χ3n) is 3.21. The Bertz CT molecular complexity index is 698. The third kappa shape index (κ3) is 1.68. The first-order chi connectivity index (χ1) is 8.79. The summed E-state index contributed by atoms with van der Waals surface area (Å²) in [5, 5.41) is 5.56. The summed E-state index contributed by atoms with van der Waals surface area (Å²) in [6.07, 6.45) is 2.78. The monoisotopic (exact) mass is 237 g/mol. The summed E-state index contributed by atoms with van der Waals surface area (Å²) >= 11 is 0. The molecule has 3 nitrogen and oxygen atoms in total. The van der Waals surface area contributed by atoms with Crippen LogP contribution in [0.2, 0.25) is 0 Å². The van der Waals surface area contributed by atoms with Crippen LogP contribution in [0.1, 0.15) is 18.2 Å². The zero-order valence-electron chi connectivity index (χ0n) is 10.6. The normalized spacial score (nSPS) is 11.0. The van der Waals surface area contributed by atoms with Crippen LogP contribution in [0.15, 0.2) is 42.6 Å². The van der Waals surface area contributed by atoms with Crippen LogP contribution >= 0.6 is 0 Å². The third-order valence-corrected chi connectivity index (χ3v) is 3.21. The molecule has 2 heterocycles. The molecular formula is C15H15N3. The van der Waals surface area contributed by atoms with Gasteiger partial charge in [-0.1, -0.05) is 25.1 Å². The number of rotatable bonds is 2. The molecular weight excluding hydrogens is 222 g/mol. The van der Waals surface area contributed by atoms with Gasteiger partial charge in [-0.05, 0) is 37.1 Å². The van der Waals surface area contributed by atoms with Crippen LogP contribution in [0.3, 0.4) is 0 Å². The highest BCUT2D eigenvalue weighted by molar-refractivity contribution is 5.82. The highest BCUT2D eigenvalue weighted by atomic mass is 15.3. The topological polar surface area (TPSA) is 30.7 Å². The first-order valence-electron chi connectivity index (χ1n) is 6.19. The molecule has 0 radical (unpaired) electrons. The van der Waals surface area contributed by atoms with E-state index in [-0.39, 0.29) is 0 Å². The van der Waals surface area contributed by atoms with E-state index in [9.17, 15) is 0 Å². The number of aryl methyl sites for hydroxylation is 2. The number of pyridine rings is 1. The minimum Gasteiger partial charge on any atom is -0.229 e. The van der Waals surface area contributed by atoms with Crippen molar-refractivity contribution in [1.29, 1.82) is 0 Å². The molecule has 0 amide bonds. The predicted octanol–water partition coefficient (Wildman–Crippen LogP) is 3.29. The van der Waals surface area contributed by atoms with Gasteiger partial charge in [0.05, 0.1) is 5.52 Å². The molecule has 0 saturated carbocycles.